The van der Waals surface area contributed by atoms with Crippen LogP contribution in [0.4, 0.5) is 5.69 Å². The number of ether oxygens (including phenoxy) is 1. The molecule has 1 aromatic carbocycles. The number of nitrogens with one attached hydrogen (secondary N) is 2. The maximum atomic E-state index is 11.7. The zero-order valence-electron chi connectivity index (χ0n) is 12.7. The first-order valence-corrected chi connectivity index (χ1v) is 7.23. The summed E-state index contributed by atoms with van der Waals surface area (Å²) in [5, 5.41) is 5.93. The number of hydrogen-bond acceptors (Lipinski definition) is 3. The highest BCUT2D eigenvalue weighted by Crippen LogP contribution is 2.08. The standard InChI is InChI=1S/C16H26N2O2/c1-13(2)7-9-20-10-8-17-12-16(19)18-15-6-4-5-14(3)11-15/h4-6,11,13,17H,7-10,12H2,1-3H3,(H,18,19). The van der Waals surface area contributed by atoms with Gasteiger partial charge in [0.05, 0.1) is 13.2 Å². The highest BCUT2D eigenvalue weighted by atomic mass is 16.5. The summed E-state index contributed by atoms with van der Waals surface area (Å²) in [5.41, 5.74) is 1.97. The molecular formula is C16H26N2O2. The zero-order chi connectivity index (χ0) is 14.8. The third kappa shape index (κ3) is 7.92. The lowest BCUT2D eigenvalue weighted by Gasteiger charge is -2.08. The van der Waals surface area contributed by atoms with Gasteiger partial charge in [0, 0.05) is 18.8 Å². The molecule has 0 saturated carbocycles. The van der Waals surface area contributed by atoms with E-state index in [9.17, 15) is 4.79 Å². The number of anilines is 1. The SMILES string of the molecule is Cc1cccc(NC(=O)CNCCOCCC(C)C)c1. The zero-order valence-corrected chi connectivity index (χ0v) is 12.7. The normalized spacial score (nSPS) is 10.8. The summed E-state index contributed by atoms with van der Waals surface area (Å²) < 4.78 is 5.47. The molecule has 0 radical (unpaired) electrons. The van der Waals surface area contributed by atoms with Crippen molar-refractivity contribution in [2.75, 3.05) is 31.6 Å². The van der Waals surface area contributed by atoms with E-state index in [4.69, 9.17) is 4.74 Å². The Labute approximate surface area is 121 Å². The van der Waals surface area contributed by atoms with Crippen molar-refractivity contribution in [2.45, 2.75) is 27.2 Å². The molecule has 0 atom stereocenters. The third-order valence-corrected chi connectivity index (χ3v) is 2.85. The summed E-state index contributed by atoms with van der Waals surface area (Å²) >= 11 is 0. The first-order valence-electron chi connectivity index (χ1n) is 7.23. The first-order chi connectivity index (χ1) is 9.58. The topological polar surface area (TPSA) is 50.4 Å². The van der Waals surface area contributed by atoms with Gasteiger partial charge in [0.25, 0.3) is 0 Å². The molecule has 0 aliphatic rings. The molecule has 112 valence electrons. The van der Waals surface area contributed by atoms with E-state index in [-0.39, 0.29) is 5.91 Å². The van der Waals surface area contributed by atoms with Gasteiger partial charge in [-0.05, 0) is 37.0 Å². The Morgan fingerprint density at radius 2 is 2.10 bits per heavy atom. The monoisotopic (exact) mass is 278 g/mol. The van der Waals surface area contributed by atoms with Crippen LogP contribution in [0.25, 0.3) is 0 Å². The molecule has 20 heavy (non-hydrogen) atoms. The molecule has 0 bridgehead atoms. The van der Waals surface area contributed by atoms with Crippen LogP contribution in [-0.4, -0.2) is 32.2 Å². The van der Waals surface area contributed by atoms with E-state index in [1.165, 1.54) is 0 Å². The molecule has 1 aromatic rings. The van der Waals surface area contributed by atoms with Gasteiger partial charge in [-0.2, -0.15) is 0 Å². The fourth-order valence-corrected chi connectivity index (χ4v) is 1.70. The van der Waals surface area contributed by atoms with Crippen LogP contribution in [0.15, 0.2) is 24.3 Å². The Morgan fingerprint density at radius 3 is 2.80 bits per heavy atom. The Kier molecular flexibility index (Phi) is 7.92. The fourth-order valence-electron chi connectivity index (χ4n) is 1.70. The maximum absolute atomic E-state index is 11.7. The Hall–Kier alpha value is -1.39. The Morgan fingerprint density at radius 1 is 1.30 bits per heavy atom. The smallest absolute Gasteiger partial charge is 0.238 e. The average molecular weight is 278 g/mol. The second kappa shape index (κ2) is 9.50. The van der Waals surface area contributed by atoms with Crippen LogP contribution in [0.1, 0.15) is 25.8 Å². The van der Waals surface area contributed by atoms with Crippen LogP contribution in [-0.2, 0) is 9.53 Å². The lowest BCUT2D eigenvalue weighted by atomic mass is 10.1. The van der Waals surface area contributed by atoms with Crippen molar-refractivity contribution in [2.24, 2.45) is 5.92 Å². The summed E-state index contributed by atoms with van der Waals surface area (Å²) in [6, 6.07) is 7.77. The molecule has 0 unspecified atom stereocenters. The van der Waals surface area contributed by atoms with Crippen LogP contribution in [0.2, 0.25) is 0 Å². The molecule has 0 fully saturated rings. The molecule has 0 aliphatic carbocycles. The minimum Gasteiger partial charge on any atom is -0.380 e. The molecule has 1 rings (SSSR count). The van der Waals surface area contributed by atoms with E-state index in [1.54, 1.807) is 0 Å². The van der Waals surface area contributed by atoms with Gasteiger partial charge in [0.1, 0.15) is 0 Å². The summed E-state index contributed by atoms with van der Waals surface area (Å²) in [5.74, 6) is 0.640. The van der Waals surface area contributed by atoms with Crippen molar-refractivity contribution in [3.8, 4) is 0 Å². The summed E-state index contributed by atoms with van der Waals surface area (Å²) in [6.45, 7) is 8.79. The molecule has 0 heterocycles. The number of benzene rings is 1. The van der Waals surface area contributed by atoms with E-state index in [1.807, 2.05) is 31.2 Å². The minimum absolute atomic E-state index is 0.0298. The highest BCUT2D eigenvalue weighted by molar-refractivity contribution is 5.92. The third-order valence-electron chi connectivity index (χ3n) is 2.85. The van der Waals surface area contributed by atoms with Crippen LogP contribution < -0.4 is 10.6 Å². The van der Waals surface area contributed by atoms with E-state index < -0.39 is 0 Å². The van der Waals surface area contributed by atoms with Gasteiger partial charge in [-0.25, -0.2) is 0 Å². The first kappa shape index (κ1) is 16.7. The molecule has 1 amide bonds. The lowest BCUT2D eigenvalue weighted by molar-refractivity contribution is -0.115. The van der Waals surface area contributed by atoms with E-state index >= 15 is 0 Å². The summed E-state index contributed by atoms with van der Waals surface area (Å²) in [4.78, 5) is 11.7. The average Bonchev–Trinajstić information content (AvgIpc) is 2.37. The molecular weight excluding hydrogens is 252 g/mol. The maximum Gasteiger partial charge on any atom is 0.238 e. The quantitative estimate of drug-likeness (QED) is 0.683. The van der Waals surface area contributed by atoms with Gasteiger partial charge in [0.2, 0.25) is 5.91 Å². The molecule has 0 aromatic heterocycles. The highest BCUT2D eigenvalue weighted by Gasteiger charge is 2.01. The Balaban J connectivity index is 2.06. The molecule has 0 saturated heterocycles. The number of rotatable bonds is 9. The van der Waals surface area contributed by atoms with Gasteiger partial charge in [-0.1, -0.05) is 26.0 Å². The summed E-state index contributed by atoms with van der Waals surface area (Å²) in [6.07, 6.45) is 1.08. The number of hydrogen-bond donors (Lipinski definition) is 2. The van der Waals surface area contributed by atoms with E-state index in [0.717, 1.165) is 24.3 Å². The number of carbonyl (C=O) groups is 1. The largest absolute Gasteiger partial charge is 0.380 e. The van der Waals surface area contributed by atoms with Crippen molar-refractivity contribution in [1.82, 2.24) is 5.32 Å². The van der Waals surface area contributed by atoms with Crippen molar-refractivity contribution in [1.29, 1.82) is 0 Å². The van der Waals surface area contributed by atoms with E-state index in [2.05, 4.69) is 24.5 Å². The van der Waals surface area contributed by atoms with Crippen molar-refractivity contribution >= 4 is 11.6 Å². The molecule has 4 heteroatoms. The summed E-state index contributed by atoms with van der Waals surface area (Å²) in [7, 11) is 0. The van der Waals surface area contributed by atoms with Gasteiger partial charge in [-0.3, -0.25) is 4.79 Å². The van der Waals surface area contributed by atoms with E-state index in [0.29, 0.717) is 25.6 Å². The second-order valence-electron chi connectivity index (χ2n) is 5.39. The van der Waals surface area contributed by atoms with Crippen LogP contribution >= 0.6 is 0 Å². The second-order valence-corrected chi connectivity index (χ2v) is 5.39. The van der Waals surface area contributed by atoms with Crippen molar-refractivity contribution < 1.29 is 9.53 Å². The number of carbonyl (C=O) groups excluding carboxylic acids is 1. The molecule has 2 N–H and O–H groups in total. The van der Waals surface area contributed by atoms with Gasteiger partial charge in [-0.15, -0.1) is 0 Å². The van der Waals surface area contributed by atoms with Gasteiger partial charge in [0.15, 0.2) is 0 Å². The van der Waals surface area contributed by atoms with Crippen LogP contribution in [0.5, 0.6) is 0 Å². The van der Waals surface area contributed by atoms with Crippen molar-refractivity contribution in [3.05, 3.63) is 29.8 Å². The predicted octanol–water partition coefficient (Wildman–Crippen LogP) is 2.59. The number of aryl methyl sites for hydroxylation is 1. The van der Waals surface area contributed by atoms with Crippen LogP contribution in [0, 0.1) is 12.8 Å². The molecule has 4 nitrogen and oxygen atoms in total. The van der Waals surface area contributed by atoms with Gasteiger partial charge < -0.3 is 15.4 Å². The number of amides is 1. The minimum atomic E-state index is -0.0298. The van der Waals surface area contributed by atoms with Crippen LogP contribution in [0.3, 0.4) is 0 Å². The molecule has 0 aliphatic heterocycles. The van der Waals surface area contributed by atoms with Gasteiger partial charge >= 0.3 is 0 Å². The van der Waals surface area contributed by atoms with Crippen molar-refractivity contribution in [3.63, 3.8) is 0 Å². The lowest BCUT2D eigenvalue weighted by Crippen LogP contribution is -2.30. The molecule has 0 spiro atoms. The fraction of sp³-hybridized carbons (Fsp3) is 0.562. The predicted molar refractivity (Wildman–Crippen MR) is 83.0 cm³/mol. The Bertz CT molecular complexity index is 405.